The van der Waals surface area contributed by atoms with Crippen LogP contribution in [0.25, 0.3) is 0 Å². The summed E-state index contributed by atoms with van der Waals surface area (Å²) in [7, 11) is 0. The van der Waals surface area contributed by atoms with Gasteiger partial charge in [-0.15, -0.1) is 0 Å². The van der Waals surface area contributed by atoms with Gasteiger partial charge >= 0.3 is 0 Å². The van der Waals surface area contributed by atoms with Gasteiger partial charge < -0.3 is 9.84 Å². The summed E-state index contributed by atoms with van der Waals surface area (Å²) in [6, 6.07) is 16.5. The van der Waals surface area contributed by atoms with Gasteiger partial charge in [-0.3, -0.25) is 0 Å². The number of benzene rings is 2. The first-order valence-corrected chi connectivity index (χ1v) is 7.47. The fourth-order valence-corrected chi connectivity index (χ4v) is 2.63. The predicted molar refractivity (Wildman–Crippen MR) is 86.9 cm³/mol. The van der Waals surface area contributed by atoms with Crippen molar-refractivity contribution in [3.63, 3.8) is 0 Å². The van der Waals surface area contributed by atoms with Crippen molar-refractivity contribution in [1.29, 1.82) is 0 Å². The lowest BCUT2D eigenvalue weighted by Crippen LogP contribution is -2.29. The molecule has 0 fully saturated rings. The van der Waals surface area contributed by atoms with Crippen LogP contribution in [0.2, 0.25) is 0 Å². The smallest absolute Gasteiger partial charge is 0.119 e. The van der Waals surface area contributed by atoms with Crippen LogP contribution in [-0.4, -0.2) is 18.3 Å². The largest absolute Gasteiger partial charge is 0.494 e. The van der Waals surface area contributed by atoms with E-state index in [0.29, 0.717) is 6.61 Å². The highest BCUT2D eigenvalue weighted by Crippen LogP contribution is 2.29. The molecule has 0 bridgehead atoms. The lowest BCUT2D eigenvalue weighted by molar-refractivity contribution is 0.204. The Labute approximate surface area is 127 Å². The highest BCUT2D eigenvalue weighted by Gasteiger charge is 2.26. The number of hydrogen-bond acceptors (Lipinski definition) is 2. The van der Waals surface area contributed by atoms with E-state index in [2.05, 4.69) is 50.2 Å². The number of aliphatic hydroxyl groups excluding tert-OH is 1. The van der Waals surface area contributed by atoms with Gasteiger partial charge in [0.2, 0.25) is 0 Å². The highest BCUT2D eigenvalue weighted by molar-refractivity contribution is 5.34. The summed E-state index contributed by atoms with van der Waals surface area (Å²) in [5, 5.41) is 9.93. The zero-order valence-electron chi connectivity index (χ0n) is 13.1. The van der Waals surface area contributed by atoms with Crippen molar-refractivity contribution < 1.29 is 9.84 Å². The van der Waals surface area contributed by atoms with E-state index in [4.69, 9.17) is 4.74 Å². The van der Waals surface area contributed by atoms with Crippen molar-refractivity contribution in [2.75, 3.05) is 13.2 Å². The van der Waals surface area contributed by atoms with Crippen LogP contribution in [0.5, 0.6) is 5.75 Å². The number of aryl methyl sites for hydroxylation is 1. The first-order valence-electron chi connectivity index (χ1n) is 7.47. The molecule has 2 nitrogen and oxygen atoms in total. The summed E-state index contributed by atoms with van der Waals surface area (Å²) in [6.07, 6.45) is 0.786. The molecule has 112 valence electrons. The summed E-state index contributed by atoms with van der Waals surface area (Å²) in [6.45, 7) is 6.96. The molecule has 0 radical (unpaired) electrons. The lowest BCUT2D eigenvalue weighted by Gasteiger charge is -2.28. The SMILES string of the molecule is CCOc1cccc(CC(C)(CO)c2cccc(C)c2)c1. The van der Waals surface area contributed by atoms with E-state index >= 15 is 0 Å². The molecule has 0 saturated heterocycles. The standard InChI is InChI=1S/C19H24O2/c1-4-21-18-10-6-8-16(12-18)13-19(3,14-20)17-9-5-7-15(2)11-17/h5-12,20H,4,13-14H2,1-3H3. The van der Waals surface area contributed by atoms with Gasteiger partial charge in [-0.05, 0) is 43.5 Å². The van der Waals surface area contributed by atoms with Gasteiger partial charge in [0, 0.05) is 5.41 Å². The fraction of sp³-hybridized carbons (Fsp3) is 0.368. The van der Waals surface area contributed by atoms with E-state index in [9.17, 15) is 5.11 Å². The summed E-state index contributed by atoms with van der Waals surface area (Å²) in [5.41, 5.74) is 3.29. The quantitative estimate of drug-likeness (QED) is 0.872. The second kappa shape index (κ2) is 6.77. The maximum absolute atomic E-state index is 9.93. The molecule has 1 unspecified atom stereocenters. The van der Waals surface area contributed by atoms with Crippen LogP contribution < -0.4 is 4.74 Å². The molecule has 0 spiro atoms. The highest BCUT2D eigenvalue weighted by atomic mass is 16.5. The summed E-state index contributed by atoms with van der Waals surface area (Å²) in [5.74, 6) is 0.888. The average molecular weight is 284 g/mol. The molecule has 1 atom stereocenters. The van der Waals surface area contributed by atoms with Gasteiger partial charge in [-0.2, -0.15) is 0 Å². The van der Waals surface area contributed by atoms with Gasteiger partial charge in [0.1, 0.15) is 5.75 Å². The molecular weight excluding hydrogens is 260 g/mol. The Kier molecular flexibility index (Phi) is 5.03. The third-order valence-corrected chi connectivity index (χ3v) is 3.87. The molecule has 0 amide bonds. The Bertz CT molecular complexity index is 592. The maximum atomic E-state index is 9.93. The predicted octanol–water partition coefficient (Wildman–Crippen LogP) is 3.89. The Morgan fingerprint density at radius 2 is 1.86 bits per heavy atom. The van der Waals surface area contributed by atoms with Gasteiger partial charge in [-0.1, -0.05) is 48.9 Å². The third kappa shape index (κ3) is 3.85. The van der Waals surface area contributed by atoms with Crippen LogP contribution >= 0.6 is 0 Å². The summed E-state index contributed by atoms with van der Waals surface area (Å²) in [4.78, 5) is 0. The number of rotatable bonds is 6. The molecule has 0 aliphatic rings. The monoisotopic (exact) mass is 284 g/mol. The fourth-order valence-electron chi connectivity index (χ4n) is 2.63. The molecule has 0 aliphatic carbocycles. The second-order valence-electron chi connectivity index (χ2n) is 5.85. The van der Waals surface area contributed by atoms with E-state index in [0.717, 1.165) is 12.2 Å². The second-order valence-corrected chi connectivity index (χ2v) is 5.85. The van der Waals surface area contributed by atoms with Gasteiger partial charge in [0.25, 0.3) is 0 Å². The molecule has 1 N–H and O–H groups in total. The van der Waals surface area contributed by atoms with Crippen molar-refractivity contribution in [2.24, 2.45) is 0 Å². The number of ether oxygens (including phenoxy) is 1. The van der Waals surface area contributed by atoms with Crippen LogP contribution in [0.1, 0.15) is 30.5 Å². The Morgan fingerprint density at radius 1 is 1.10 bits per heavy atom. The molecule has 2 aromatic carbocycles. The maximum Gasteiger partial charge on any atom is 0.119 e. The molecule has 21 heavy (non-hydrogen) atoms. The van der Waals surface area contributed by atoms with Crippen LogP contribution in [0, 0.1) is 6.92 Å². The number of aliphatic hydroxyl groups is 1. The van der Waals surface area contributed by atoms with E-state index in [1.165, 1.54) is 16.7 Å². The Hall–Kier alpha value is -1.80. The summed E-state index contributed by atoms with van der Waals surface area (Å²) >= 11 is 0. The van der Waals surface area contributed by atoms with Crippen molar-refractivity contribution in [1.82, 2.24) is 0 Å². The molecule has 0 heterocycles. The minimum absolute atomic E-state index is 0.120. The zero-order chi connectivity index (χ0) is 15.3. The molecule has 2 aromatic rings. The average Bonchev–Trinajstić information content (AvgIpc) is 2.48. The molecule has 2 rings (SSSR count). The minimum Gasteiger partial charge on any atom is -0.494 e. The van der Waals surface area contributed by atoms with Gasteiger partial charge in [-0.25, -0.2) is 0 Å². The summed E-state index contributed by atoms with van der Waals surface area (Å²) < 4.78 is 5.56. The van der Waals surface area contributed by atoms with Crippen molar-refractivity contribution in [2.45, 2.75) is 32.6 Å². The van der Waals surface area contributed by atoms with Crippen LogP contribution in [-0.2, 0) is 11.8 Å². The van der Waals surface area contributed by atoms with Crippen LogP contribution in [0.4, 0.5) is 0 Å². The van der Waals surface area contributed by atoms with Crippen molar-refractivity contribution >= 4 is 0 Å². The van der Waals surface area contributed by atoms with Crippen molar-refractivity contribution in [3.05, 3.63) is 65.2 Å². The molecule has 0 aromatic heterocycles. The van der Waals surface area contributed by atoms with E-state index in [-0.39, 0.29) is 12.0 Å². The molecule has 0 saturated carbocycles. The molecular formula is C19H24O2. The topological polar surface area (TPSA) is 29.5 Å². The van der Waals surface area contributed by atoms with E-state index in [1.807, 2.05) is 19.1 Å². The van der Waals surface area contributed by atoms with E-state index in [1.54, 1.807) is 0 Å². The van der Waals surface area contributed by atoms with Gasteiger partial charge in [0.15, 0.2) is 0 Å². The lowest BCUT2D eigenvalue weighted by atomic mass is 9.77. The van der Waals surface area contributed by atoms with E-state index < -0.39 is 0 Å². The Balaban J connectivity index is 2.27. The van der Waals surface area contributed by atoms with Crippen LogP contribution in [0.15, 0.2) is 48.5 Å². The first-order chi connectivity index (χ1) is 10.1. The Morgan fingerprint density at radius 3 is 2.52 bits per heavy atom. The van der Waals surface area contributed by atoms with Crippen LogP contribution in [0.3, 0.4) is 0 Å². The third-order valence-electron chi connectivity index (χ3n) is 3.87. The first kappa shape index (κ1) is 15.6. The normalized spacial score (nSPS) is 13.7. The number of hydrogen-bond donors (Lipinski definition) is 1. The zero-order valence-corrected chi connectivity index (χ0v) is 13.1. The van der Waals surface area contributed by atoms with Crippen molar-refractivity contribution in [3.8, 4) is 5.75 Å². The van der Waals surface area contributed by atoms with Gasteiger partial charge in [0.05, 0.1) is 13.2 Å². The molecule has 0 aliphatic heterocycles. The minimum atomic E-state index is -0.281. The molecule has 2 heteroatoms.